The molecule has 1 N–H and O–H groups in total. The highest BCUT2D eigenvalue weighted by Gasteiger charge is 2.33. The summed E-state index contributed by atoms with van der Waals surface area (Å²) in [6.45, 7) is 5.51. The van der Waals surface area contributed by atoms with E-state index in [9.17, 15) is 9.59 Å². The van der Waals surface area contributed by atoms with Crippen molar-refractivity contribution in [2.45, 2.75) is 64.3 Å². The maximum absolute atomic E-state index is 13.1. The van der Waals surface area contributed by atoms with Gasteiger partial charge < -0.3 is 10.2 Å². The minimum atomic E-state index is -0.412. The molecule has 1 heterocycles. The zero-order valence-corrected chi connectivity index (χ0v) is 17.2. The summed E-state index contributed by atoms with van der Waals surface area (Å²) in [6.07, 6.45) is 6.06. The van der Waals surface area contributed by atoms with E-state index in [4.69, 9.17) is 11.6 Å². The lowest BCUT2D eigenvalue weighted by Gasteiger charge is -2.36. The van der Waals surface area contributed by atoms with Gasteiger partial charge in [0.05, 0.1) is 0 Å². The van der Waals surface area contributed by atoms with Gasteiger partial charge in [-0.3, -0.25) is 9.59 Å². The Bertz CT molecular complexity index is 645. The van der Waals surface area contributed by atoms with Gasteiger partial charge in [0.2, 0.25) is 11.8 Å². The molecule has 1 atom stereocenters. The lowest BCUT2D eigenvalue weighted by atomic mass is 9.89. The Morgan fingerprint density at radius 3 is 2.19 bits per heavy atom. The fourth-order valence-electron chi connectivity index (χ4n) is 4.34. The molecule has 2 aliphatic rings. The molecule has 5 heteroatoms. The molecule has 1 saturated carbocycles. The standard InChI is InChI=1S/C22H31ClN2O2/c1-15(2)20(24-21(26)18-5-3-4-6-18)22(27)25-13-11-17(12-14-25)16-7-9-19(23)10-8-16/h7-10,15,17-18,20H,3-6,11-14H2,1-2H3,(H,24,26). The fourth-order valence-corrected chi connectivity index (χ4v) is 4.46. The third-order valence-corrected chi connectivity index (χ3v) is 6.36. The van der Waals surface area contributed by atoms with Crippen molar-refractivity contribution in [2.75, 3.05) is 13.1 Å². The topological polar surface area (TPSA) is 49.4 Å². The van der Waals surface area contributed by atoms with Gasteiger partial charge in [0, 0.05) is 24.0 Å². The molecule has 1 unspecified atom stereocenters. The van der Waals surface area contributed by atoms with Crippen LogP contribution in [0.2, 0.25) is 5.02 Å². The largest absolute Gasteiger partial charge is 0.344 e. The highest BCUT2D eigenvalue weighted by atomic mass is 35.5. The van der Waals surface area contributed by atoms with Gasteiger partial charge in [0.1, 0.15) is 6.04 Å². The van der Waals surface area contributed by atoms with Crippen LogP contribution in [0.5, 0.6) is 0 Å². The molecule has 27 heavy (non-hydrogen) atoms. The van der Waals surface area contributed by atoms with Gasteiger partial charge in [-0.2, -0.15) is 0 Å². The van der Waals surface area contributed by atoms with Crippen molar-refractivity contribution in [3.63, 3.8) is 0 Å². The average molecular weight is 391 g/mol. The number of carbonyl (C=O) groups excluding carboxylic acids is 2. The van der Waals surface area contributed by atoms with Crippen LogP contribution in [0.15, 0.2) is 24.3 Å². The van der Waals surface area contributed by atoms with Crippen molar-refractivity contribution >= 4 is 23.4 Å². The third-order valence-electron chi connectivity index (χ3n) is 6.10. The number of rotatable bonds is 5. The minimum absolute atomic E-state index is 0.0654. The van der Waals surface area contributed by atoms with Gasteiger partial charge in [0.15, 0.2) is 0 Å². The molecular weight excluding hydrogens is 360 g/mol. The molecule has 1 aliphatic carbocycles. The number of amides is 2. The molecule has 0 aromatic heterocycles. The van der Waals surface area contributed by atoms with Crippen LogP contribution in [-0.4, -0.2) is 35.8 Å². The molecule has 3 rings (SSSR count). The fraction of sp³-hybridized carbons (Fsp3) is 0.636. The number of benzene rings is 1. The van der Waals surface area contributed by atoms with E-state index in [0.717, 1.165) is 56.6 Å². The number of likely N-dealkylation sites (tertiary alicyclic amines) is 1. The highest BCUT2D eigenvalue weighted by Crippen LogP contribution is 2.30. The van der Waals surface area contributed by atoms with Crippen LogP contribution in [0.4, 0.5) is 0 Å². The lowest BCUT2D eigenvalue weighted by Crippen LogP contribution is -2.53. The van der Waals surface area contributed by atoms with Crippen molar-refractivity contribution in [1.29, 1.82) is 0 Å². The molecule has 1 saturated heterocycles. The Morgan fingerprint density at radius 2 is 1.63 bits per heavy atom. The van der Waals surface area contributed by atoms with Gasteiger partial charge in [0.25, 0.3) is 0 Å². The van der Waals surface area contributed by atoms with E-state index in [1.54, 1.807) is 0 Å². The summed E-state index contributed by atoms with van der Waals surface area (Å²) in [4.78, 5) is 27.5. The van der Waals surface area contributed by atoms with Gasteiger partial charge in [-0.1, -0.05) is 50.4 Å². The number of piperidine rings is 1. The molecule has 1 aromatic rings. The van der Waals surface area contributed by atoms with Gasteiger partial charge in [-0.15, -0.1) is 0 Å². The first-order valence-electron chi connectivity index (χ1n) is 10.3. The van der Waals surface area contributed by atoms with E-state index in [1.165, 1.54) is 5.56 Å². The summed E-state index contributed by atoms with van der Waals surface area (Å²) in [5.41, 5.74) is 1.29. The van der Waals surface area contributed by atoms with Gasteiger partial charge in [-0.25, -0.2) is 0 Å². The summed E-state index contributed by atoms with van der Waals surface area (Å²) in [5, 5.41) is 3.81. The van der Waals surface area contributed by atoms with E-state index in [0.29, 0.717) is 5.92 Å². The van der Waals surface area contributed by atoms with Crippen molar-refractivity contribution < 1.29 is 9.59 Å². The van der Waals surface area contributed by atoms with E-state index >= 15 is 0 Å². The van der Waals surface area contributed by atoms with Crippen LogP contribution in [0.25, 0.3) is 0 Å². The number of hydrogen-bond acceptors (Lipinski definition) is 2. The molecule has 0 spiro atoms. The van der Waals surface area contributed by atoms with Crippen LogP contribution in [0, 0.1) is 11.8 Å². The van der Waals surface area contributed by atoms with Crippen LogP contribution < -0.4 is 5.32 Å². The smallest absolute Gasteiger partial charge is 0.245 e. The average Bonchev–Trinajstić information content (AvgIpc) is 3.21. The second kappa shape index (κ2) is 9.09. The predicted octanol–water partition coefficient (Wildman–Crippen LogP) is 4.38. The van der Waals surface area contributed by atoms with E-state index < -0.39 is 6.04 Å². The van der Waals surface area contributed by atoms with Crippen LogP contribution in [-0.2, 0) is 9.59 Å². The molecule has 1 aromatic carbocycles. The van der Waals surface area contributed by atoms with E-state index in [1.807, 2.05) is 30.9 Å². The van der Waals surface area contributed by atoms with Crippen LogP contribution >= 0.6 is 11.6 Å². The Labute approximate surface area is 167 Å². The van der Waals surface area contributed by atoms with Crippen molar-refractivity contribution in [3.05, 3.63) is 34.9 Å². The van der Waals surface area contributed by atoms with E-state index in [-0.39, 0.29) is 23.7 Å². The van der Waals surface area contributed by atoms with Gasteiger partial charge in [-0.05, 0) is 55.2 Å². The second-order valence-corrected chi connectivity index (χ2v) is 8.80. The normalized spacial score (nSPS) is 20.1. The third kappa shape index (κ3) is 5.04. The quantitative estimate of drug-likeness (QED) is 0.811. The highest BCUT2D eigenvalue weighted by molar-refractivity contribution is 6.30. The Balaban J connectivity index is 1.57. The SMILES string of the molecule is CC(C)C(NC(=O)C1CCCC1)C(=O)N1CCC(c2ccc(Cl)cc2)CC1. The maximum Gasteiger partial charge on any atom is 0.245 e. The summed E-state index contributed by atoms with van der Waals surface area (Å²) in [5.74, 6) is 0.796. The maximum atomic E-state index is 13.1. The Morgan fingerprint density at radius 1 is 1.04 bits per heavy atom. The van der Waals surface area contributed by atoms with E-state index in [2.05, 4.69) is 17.4 Å². The molecular formula is C22H31ClN2O2. The van der Waals surface area contributed by atoms with Crippen molar-refractivity contribution in [2.24, 2.45) is 11.8 Å². The first-order chi connectivity index (χ1) is 13.0. The zero-order valence-electron chi connectivity index (χ0n) is 16.4. The molecule has 2 fully saturated rings. The monoisotopic (exact) mass is 390 g/mol. The number of nitrogens with one attached hydrogen (secondary N) is 1. The molecule has 4 nitrogen and oxygen atoms in total. The summed E-state index contributed by atoms with van der Waals surface area (Å²) < 4.78 is 0. The van der Waals surface area contributed by atoms with Crippen LogP contribution in [0.1, 0.15) is 63.9 Å². The van der Waals surface area contributed by atoms with Gasteiger partial charge >= 0.3 is 0 Å². The molecule has 148 valence electrons. The van der Waals surface area contributed by atoms with Crippen molar-refractivity contribution in [1.82, 2.24) is 10.2 Å². The van der Waals surface area contributed by atoms with Crippen molar-refractivity contribution in [3.8, 4) is 0 Å². The minimum Gasteiger partial charge on any atom is -0.344 e. The summed E-state index contributed by atoms with van der Waals surface area (Å²) >= 11 is 5.98. The first kappa shape index (κ1) is 20.2. The lowest BCUT2D eigenvalue weighted by molar-refractivity contribution is -0.139. The second-order valence-electron chi connectivity index (χ2n) is 8.36. The van der Waals surface area contributed by atoms with Crippen LogP contribution in [0.3, 0.4) is 0 Å². The molecule has 0 bridgehead atoms. The summed E-state index contributed by atoms with van der Waals surface area (Å²) in [6, 6.07) is 7.63. The molecule has 0 radical (unpaired) electrons. The predicted molar refractivity (Wildman–Crippen MR) is 109 cm³/mol. The Kier molecular flexibility index (Phi) is 6.80. The zero-order chi connectivity index (χ0) is 19.4. The Hall–Kier alpha value is -1.55. The first-order valence-corrected chi connectivity index (χ1v) is 10.7. The number of hydrogen-bond donors (Lipinski definition) is 1. The summed E-state index contributed by atoms with van der Waals surface area (Å²) in [7, 11) is 0. The molecule has 1 aliphatic heterocycles. The number of carbonyl (C=O) groups is 2. The number of nitrogens with zero attached hydrogens (tertiary/aromatic N) is 1. The number of halogens is 1. The molecule has 2 amide bonds.